The van der Waals surface area contributed by atoms with E-state index in [4.69, 9.17) is 5.11 Å². The van der Waals surface area contributed by atoms with Crippen molar-refractivity contribution in [1.82, 2.24) is 9.97 Å². The number of nitrogens with zero attached hydrogens (tertiary/aromatic N) is 1. The van der Waals surface area contributed by atoms with Gasteiger partial charge in [0.2, 0.25) is 0 Å². The van der Waals surface area contributed by atoms with Crippen LogP contribution in [0.1, 0.15) is 24.6 Å². The van der Waals surface area contributed by atoms with Gasteiger partial charge in [-0.1, -0.05) is 30.8 Å². The molecule has 3 N–H and O–H groups in total. The first-order chi connectivity index (χ1) is 9.17. The Morgan fingerprint density at radius 2 is 2.05 bits per heavy atom. The van der Waals surface area contributed by atoms with Gasteiger partial charge in [-0.3, -0.25) is 0 Å². The second kappa shape index (κ2) is 6.63. The third-order valence-corrected chi connectivity index (χ3v) is 3.93. The molecule has 1 aromatic heterocycles. The number of thioether (sulfide) groups is 1. The zero-order valence-corrected chi connectivity index (χ0v) is 11.7. The van der Waals surface area contributed by atoms with Crippen molar-refractivity contribution < 1.29 is 10.2 Å². The van der Waals surface area contributed by atoms with Crippen molar-refractivity contribution in [2.24, 2.45) is 0 Å². The number of aromatic nitrogens is 2. The predicted octanol–water partition coefficient (Wildman–Crippen LogP) is 2.72. The fourth-order valence-corrected chi connectivity index (χ4v) is 2.68. The Balaban J connectivity index is 1.81. The van der Waals surface area contributed by atoms with E-state index < -0.39 is 0 Å². The summed E-state index contributed by atoms with van der Waals surface area (Å²) in [7, 11) is 0. The van der Waals surface area contributed by atoms with Gasteiger partial charge in [0.15, 0.2) is 5.16 Å². The first-order valence-corrected chi connectivity index (χ1v) is 7.14. The van der Waals surface area contributed by atoms with Crippen molar-refractivity contribution in [2.45, 2.75) is 36.8 Å². The molecule has 0 saturated carbocycles. The number of aliphatic hydroxyl groups is 1. The fourth-order valence-electron chi connectivity index (χ4n) is 1.76. The monoisotopic (exact) mass is 278 g/mol. The molecule has 0 spiro atoms. The lowest BCUT2D eigenvalue weighted by Gasteiger charge is -2.09. The zero-order valence-electron chi connectivity index (χ0n) is 10.8. The van der Waals surface area contributed by atoms with Crippen LogP contribution in [0.3, 0.4) is 0 Å². The second-order valence-electron chi connectivity index (χ2n) is 4.51. The minimum Gasteiger partial charge on any atom is -0.508 e. The highest BCUT2D eigenvalue weighted by Crippen LogP contribution is 2.24. The van der Waals surface area contributed by atoms with Crippen molar-refractivity contribution in [3.05, 3.63) is 41.7 Å². The van der Waals surface area contributed by atoms with Gasteiger partial charge in [-0.05, 0) is 30.5 Å². The highest BCUT2D eigenvalue weighted by atomic mass is 32.2. The van der Waals surface area contributed by atoms with Crippen LogP contribution >= 0.6 is 11.8 Å². The maximum absolute atomic E-state index is 9.22. The molecule has 1 heterocycles. The number of rotatable bonds is 6. The summed E-state index contributed by atoms with van der Waals surface area (Å²) in [6.07, 6.45) is 3.67. The minimum atomic E-state index is -0.00451. The Hall–Kier alpha value is -1.46. The van der Waals surface area contributed by atoms with Gasteiger partial charge in [0.05, 0.1) is 18.5 Å². The number of imidazole rings is 1. The van der Waals surface area contributed by atoms with E-state index in [0.717, 1.165) is 23.7 Å². The number of benzene rings is 1. The molecule has 0 aliphatic carbocycles. The summed E-state index contributed by atoms with van der Waals surface area (Å²) < 4.78 is 0. The van der Waals surface area contributed by atoms with Gasteiger partial charge < -0.3 is 15.2 Å². The molecule has 2 aromatic rings. The number of aromatic amines is 1. The first-order valence-electron chi connectivity index (χ1n) is 6.26. The molecule has 1 aromatic carbocycles. The summed E-state index contributed by atoms with van der Waals surface area (Å²) in [5.74, 6) is 0.304. The van der Waals surface area contributed by atoms with Crippen LogP contribution in [-0.2, 0) is 13.0 Å². The van der Waals surface area contributed by atoms with E-state index in [1.165, 1.54) is 5.56 Å². The van der Waals surface area contributed by atoms with Crippen LogP contribution in [0.2, 0.25) is 0 Å². The number of hydrogen-bond acceptors (Lipinski definition) is 4. The van der Waals surface area contributed by atoms with Gasteiger partial charge in [0.1, 0.15) is 5.75 Å². The number of aliphatic hydroxyl groups excluding tert-OH is 1. The Morgan fingerprint density at radius 3 is 2.68 bits per heavy atom. The number of phenols is 1. The van der Waals surface area contributed by atoms with E-state index in [9.17, 15) is 5.11 Å². The van der Waals surface area contributed by atoms with Crippen LogP contribution in [-0.4, -0.2) is 25.4 Å². The van der Waals surface area contributed by atoms with Gasteiger partial charge in [-0.2, -0.15) is 0 Å². The highest BCUT2D eigenvalue weighted by molar-refractivity contribution is 7.99. The number of nitrogens with one attached hydrogen (secondary N) is 1. The van der Waals surface area contributed by atoms with Crippen LogP contribution in [0.15, 0.2) is 35.6 Å². The molecule has 0 saturated heterocycles. The topological polar surface area (TPSA) is 69.1 Å². The summed E-state index contributed by atoms with van der Waals surface area (Å²) in [4.78, 5) is 7.28. The molecule has 0 aliphatic rings. The van der Waals surface area contributed by atoms with Crippen LogP contribution in [0.5, 0.6) is 5.75 Å². The number of H-pyrrole nitrogens is 1. The van der Waals surface area contributed by atoms with E-state index in [2.05, 4.69) is 16.9 Å². The Labute approximate surface area is 116 Å². The van der Waals surface area contributed by atoms with Crippen molar-refractivity contribution in [1.29, 1.82) is 0 Å². The van der Waals surface area contributed by atoms with E-state index >= 15 is 0 Å². The summed E-state index contributed by atoms with van der Waals surface area (Å²) in [5, 5.41) is 19.5. The molecule has 1 atom stereocenters. The summed E-state index contributed by atoms with van der Waals surface area (Å²) >= 11 is 1.68. The van der Waals surface area contributed by atoms with Crippen molar-refractivity contribution in [3.8, 4) is 5.75 Å². The second-order valence-corrected chi connectivity index (χ2v) is 5.93. The van der Waals surface area contributed by atoms with Crippen LogP contribution in [0.4, 0.5) is 0 Å². The maximum Gasteiger partial charge on any atom is 0.165 e. The Kier molecular flexibility index (Phi) is 4.87. The lowest BCUT2D eigenvalue weighted by Crippen LogP contribution is -1.99. The van der Waals surface area contributed by atoms with Crippen molar-refractivity contribution >= 4 is 11.8 Å². The molecule has 102 valence electrons. The molecule has 0 bridgehead atoms. The third-order valence-electron chi connectivity index (χ3n) is 2.86. The number of hydrogen-bond donors (Lipinski definition) is 3. The van der Waals surface area contributed by atoms with Crippen LogP contribution in [0, 0.1) is 0 Å². The first kappa shape index (κ1) is 14.0. The molecular formula is C14H18N2O2S. The van der Waals surface area contributed by atoms with Gasteiger partial charge in [0.25, 0.3) is 0 Å². The molecule has 1 unspecified atom stereocenters. The largest absolute Gasteiger partial charge is 0.508 e. The maximum atomic E-state index is 9.22. The van der Waals surface area contributed by atoms with Gasteiger partial charge in [-0.15, -0.1) is 0 Å². The van der Waals surface area contributed by atoms with Crippen LogP contribution < -0.4 is 0 Å². The lowest BCUT2D eigenvalue weighted by atomic mass is 10.1. The third kappa shape index (κ3) is 4.29. The smallest absolute Gasteiger partial charge is 0.165 e. The summed E-state index contributed by atoms with van der Waals surface area (Å²) in [5.41, 5.74) is 1.97. The quantitative estimate of drug-likeness (QED) is 0.711. The van der Waals surface area contributed by atoms with Crippen molar-refractivity contribution in [2.75, 3.05) is 0 Å². The SMILES string of the molecule is CC(CCc1ccc(O)cc1)Sc1ncc(CO)[nH]1. The molecular weight excluding hydrogens is 260 g/mol. The average Bonchev–Trinajstić information content (AvgIpc) is 2.86. The lowest BCUT2D eigenvalue weighted by molar-refractivity contribution is 0.277. The van der Waals surface area contributed by atoms with Crippen molar-refractivity contribution in [3.63, 3.8) is 0 Å². The summed E-state index contributed by atoms with van der Waals surface area (Å²) in [6.45, 7) is 2.15. The number of aromatic hydroxyl groups is 1. The highest BCUT2D eigenvalue weighted by Gasteiger charge is 2.08. The Morgan fingerprint density at radius 1 is 1.32 bits per heavy atom. The number of phenolic OH excluding ortho intramolecular Hbond substituents is 1. The molecule has 19 heavy (non-hydrogen) atoms. The van der Waals surface area contributed by atoms with Gasteiger partial charge in [0, 0.05) is 5.25 Å². The molecule has 0 radical (unpaired) electrons. The standard InChI is InChI=1S/C14H18N2O2S/c1-10(19-14-15-8-12(9-17)16-14)2-3-11-4-6-13(18)7-5-11/h4-8,10,17-18H,2-3,9H2,1H3,(H,15,16). The molecule has 5 heteroatoms. The predicted molar refractivity (Wildman–Crippen MR) is 76.3 cm³/mol. The Bertz CT molecular complexity index is 510. The average molecular weight is 278 g/mol. The summed E-state index contributed by atoms with van der Waals surface area (Å²) in [6, 6.07) is 7.33. The molecule has 4 nitrogen and oxygen atoms in total. The van der Waals surface area contributed by atoms with E-state index in [0.29, 0.717) is 11.0 Å². The van der Waals surface area contributed by atoms with E-state index in [1.54, 1.807) is 30.1 Å². The molecule has 2 rings (SSSR count). The number of aryl methyl sites for hydroxylation is 1. The molecule has 0 fully saturated rings. The molecule has 0 aliphatic heterocycles. The van der Waals surface area contributed by atoms with Crippen LogP contribution in [0.25, 0.3) is 0 Å². The van der Waals surface area contributed by atoms with E-state index in [1.807, 2.05) is 12.1 Å². The van der Waals surface area contributed by atoms with Gasteiger partial charge in [-0.25, -0.2) is 4.98 Å². The van der Waals surface area contributed by atoms with E-state index in [-0.39, 0.29) is 6.61 Å². The normalized spacial score (nSPS) is 12.5. The molecule has 0 amide bonds. The zero-order chi connectivity index (χ0) is 13.7. The fraction of sp³-hybridized carbons (Fsp3) is 0.357. The minimum absolute atomic E-state index is 0.00451. The van der Waals surface area contributed by atoms with Gasteiger partial charge >= 0.3 is 0 Å².